The predicted molar refractivity (Wildman–Crippen MR) is 79.3 cm³/mol. The third-order valence-electron chi connectivity index (χ3n) is 2.32. The molecule has 1 aromatic heterocycles. The van der Waals surface area contributed by atoms with Gasteiger partial charge in [-0.1, -0.05) is 34.1 Å². The molecule has 4 heteroatoms. The second-order valence-corrected chi connectivity index (χ2v) is 5.98. The van der Waals surface area contributed by atoms with Gasteiger partial charge in [0.15, 0.2) is 0 Å². The molecule has 92 valence electrons. The number of nitrogens with zero attached hydrogens (tertiary/aromatic N) is 1. The van der Waals surface area contributed by atoms with Crippen molar-refractivity contribution in [2.24, 2.45) is 0 Å². The maximum Gasteiger partial charge on any atom is 0.135 e. The fourth-order valence-electron chi connectivity index (χ4n) is 1.42. The molecule has 0 spiro atoms. The van der Waals surface area contributed by atoms with Crippen LogP contribution in [-0.4, -0.2) is 9.54 Å². The summed E-state index contributed by atoms with van der Waals surface area (Å²) in [4.78, 5) is 4.00. The molecule has 2 rings (SSSR count). The summed E-state index contributed by atoms with van der Waals surface area (Å²) in [5.41, 5.74) is 2.02. The predicted octanol–water partition coefficient (Wildman–Crippen LogP) is 3.76. The third-order valence-corrected chi connectivity index (χ3v) is 3.91. The molecule has 1 unspecified atom stereocenters. The summed E-state index contributed by atoms with van der Waals surface area (Å²) < 4.78 is 12.9. The number of hydrogen-bond donors (Lipinski definition) is 0. The molecule has 0 bridgehead atoms. The summed E-state index contributed by atoms with van der Waals surface area (Å²) >= 11 is 2.37. The van der Waals surface area contributed by atoms with E-state index < -0.39 is 11.2 Å². The summed E-state index contributed by atoms with van der Waals surface area (Å²) in [5.74, 6) is 0.532. The first-order chi connectivity index (χ1) is 8.74. The molecular weight excluding hydrogens is 310 g/mol. The Labute approximate surface area is 118 Å². The molecule has 2 aromatic rings. The smallest absolute Gasteiger partial charge is 0.135 e. The molecule has 0 saturated heterocycles. The van der Waals surface area contributed by atoms with Crippen LogP contribution in [0.2, 0.25) is 0 Å². The minimum atomic E-state index is -1.00. The van der Waals surface area contributed by atoms with E-state index in [0.717, 1.165) is 15.6 Å². The van der Waals surface area contributed by atoms with Crippen LogP contribution in [0, 0.1) is 0 Å². The lowest BCUT2D eigenvalue weighted by molar-refractivity contribution is 0.603. The zero-order chi connectivity index (χ0) is 12.8. The molecule has 0 saturated carbocycles. The van der Waals surface area contributed by atoms with Gasteiger partial charge in [0, 0.05) is 22.4 Å². The van der Waals surface area contributed by atoms with E-state index in [1.165, 1.54) is 0 Å². The monoisotopic (exact) mass is 321 g/mol. The van der Waals surface area contributed by atoms with Gasteiger partial charge in [0.25, 0.3) is 0 Å². The van der Waals surface area contributed by atoms with E-state index in [1.54, 1.807) is 17.8 Å². The average Bonchev–Trinajstić information content (AvgIpc) is 2.40. The van der Waals surface area contributed by atoms with Crippen LogP contribution in [0.15, 0.2) is 58.7 Å². The second-order valence-electron chi connectivity index (χ2n) is 3.74. The van der Waals surface area contributed by atoms with Gasteiger partial charge in [-0.25, -0.2) is 0 Å². The molecule has 18 heavy (non-hydrogen) atoms. The highest BCUT2D eigenvalue weighted by molar-refractivity contribution is 9.10. The van der Waals surface area contributed by atoms with E-state index in [9.17, 15) is 4.55 Å². The summed E-state index contributed by atoms with van der Waals surface area (Å²) in [6, 6.07) is 11.6. The average molecular weight is 322 g/mol. The quantitative estimate of drug-likeness (QED) is 0.804. The van der Waals surface area contributed by atoms with Crippen LogP contribution in [0.4, 0.5) is 0 Å². The zero-order valence-electron chi connectivity index (χ0n) is 9.62. The van der Waals surface area contributed by atoms with Crippen molar-refractivity contribution in [2.75, 3.05) is 0 Å². The van der Waals surface area contributed by atoms with Crippen molar-refractivity contribution in [3.05, 3.63) is 69.8 Å². The summed E-state index contributed by atoms with van der Waals surface area (Å²) in [6.45, 7) is 0. The highest BCUT2D eigenvalue weighted by Gasteiger charge is 2.03. The molecule has 0 radical (unpaired) electrons. The largest absolute Gasteiger partial charge is 0.612 e. The Hall–Kier alpha value is -1.10. The molecule has 0 aliphatic rings. The van der Waals surface area contributed by atoms with Crippen molar-refractivity contribution in [1.29, 1.82) is 0 Å². The number of aromatic nitrogens is 1. The molecule has 0 N–H and O–H groups in total. The number of halogens is 1. The van der Waals surface area contributed by atoms with Gasteiger partial charge in [-0.15, -0.1) is 0 Å². The second kappa shape index (κ2) is 6.73. The van der Waals surface area contributed by atoms with E-state index in [1.807, 2.05) is 42.5 Å². The zero-order valence-corrected chi connectivity index (χ0v) is 12.0. The van der Waals surface area contributed by atoms with Crippen molar-refractivity contribution in [1.82, 2.24) is 4.98 Å². The SMILES string of the molecule is [O-][S+](/C=C/c1cccnc1)Cc1ccc(Br)cc1. The Kier molecular flexibility index (Phi) is 4.99. The minimum Gasteiger partial charge on any atom is -0.612 e. The molecular formula is C14H12BrNOS. The van der Waals surface area contributed by atoms with Crippen molar-refractivity contribution < 1.29 is 4.55 Å². The first-order valence-corrected chi connectivity index (χ1v) is 7.61. The fourth-order valence-corrected chi connectivity index (χ4v) is 2.61. The van der Waals surface area contributed by atoms with Gasteiger partial charge in [0.2, 0.25) is 0 Å². The molecule has 1 atom stereocenters. The Morgan fingerprint density at radius 2 is 2.00 bits per heavy atom. The van der Waals surface area contributed by atoms with Crippen molar-refractivity contribution in [3.8, 4) is 0 Å². The van der Waals surface area contributed by atoms with Crippen molar-refractivity contribution in [2.45, 2.75) is 5.75 Å². The highest BCUT2D eigenvalue weighted by atomic mass is 79.9. The van der Waals surface area contributed by atoms with Gasteiger partial charge in [0.05, 0.1) is 0 Å². The molecule has 1 aromatic carbocycles. The third kappa shape index (κ3) is 4.29. The minimum absolute atomic E-state index is 0.532. The summed E-state index contributed by atoms with van der Waals surface area (Å²) in [5, 5.41) is 1.71. The van der Waals surface area contributed by atoms with Crippen LogP contribution < -0.4 is 0 Å². The van der Waals surface area contributed by atoms with Gasteiger partial charge in [-0.2, -0.15) is 0 Å². The van der Waals surface area contributed by atoms with Crippen LogP contribution in [-0.2, 0) is 16.9 Å². The number of rotatable bonds is 4. The van der Waals surface area contributed by atoms with Crippen LogP contribution >= 0.6 is 15.9 Å². The molecule has 0 aliphatic heterocycles. The fraction of sp³-hybridized carbons (Fsp3) is 0.0714. The van der Waals surface area contributed by atoms with Gasteiger partial charge in [0.1, 0.15) is 11.2 Å². The Bertz CT molecular complexity index is 513. The van der Waals surface area contributed by atoms with E-state index in [2.05, 4.69) is 20.9 Å². The van der Waals surface area contributed by atoms with E-state index in [0.29, 0.717) is 5.75 Å². The van der Waals surface area contributed by atoms with Crippen molar-refractivity contribution >= 4 is 33.2 Å². The van der Waals surface area contributed by atoms with Gasteiger partial charge < -0.3 is 4.55 Å². The maximum atomic E-state index is 11.9. The lowest BCUT2D eigenvalue weighted by Gasteiger charge is -2.05. The molecule has 1 heterocycles. The lowest BCUT2D eigenvalue weighted by atomic mass is 10.2. The van der Waals surface area contributed by atoms with Crippen LogP contribution in [0.5, 0.6) is 0 Å². The van der Waals surface area contributed by atoms with E-state index in [4.69, 9.17) is 0 Å². The van der Waals surface area contributed by atoms with Gasteiger partial charge in [-0.05, 0) is 41.0 Å². The molecule has 0 amide bonds. The van der Waals surface area contributed by atoms with Crippen LogP contribution in [0.25, 0.3) is 6.08 Å². The number of pyridine rings is 1. The normalized spacial score (nSPS) is 12.8. The maximum absolute atomic E-state index is 11.9. The van der Waals surface area contributed by atoms with E-state index >= 15 is 0 Å². The molecule has 0 fully saturated rings. The highest BCUT2D eigenvalue weighted by Crippen LogP contribution is 2.14. The number of benzene rings is 1. The van der Waals surface area contributed by atoms with E-state index in [-0.39, 0.29) is 0 Å². The molecule has 2 nitrogen and oxygen atoms in total. The lowest BCUT2D eigenvalue weighted by Crippen LogP contribution is -1.99. The first kappa shape index (κ1) is 13.3. The Morgan fingerprint density at radius 1 is 1.22 bits per heavy atom. The summed E-state index contributed by atoms with van der Waals surface area (Å²) in [6.07, 6.45) is 5.30. The Balaban J connectivity index is 1.94. The summed E-state index contributed by atoms with van der Waals surface area (Å²) in [7, 11) is 0. The Morgan fingerprint density at radius 3 is 2.67 bits per heavy atom. The van der Waals surface area contributed by atoms with Crippen LogP contribution in [0.3, 0.4) is 0 Å². The first-order valence-electron chi connectivity index (χ1n) is 5.44. The topological polar surface area (TPSA) is 36.0 Å². The standard InChI is InChI=1S/C14H12BrNOS/c15-14-5-3-13(4-6-14)11-18(17)9-7-12-2-1-8-16-10-12/h1-10H,11H2/b9-7+. The molecule has 0 aliphatic carbocycles. The van der Waals surface area contributed by atoms with Gasteiger partial charge >= 0.3 is 0 Å². The van der Waals surface area contributed by atoms with Crippen LogP contribution in [0.1, 0.15) is 11.1 Å². The van der Waals surface area contributed by atoms with Crippen molar-refractivity contribution in [3.63, 3.8) is 0 Å². The van der Waals surface area contributed by atoms with Gasteiger partial charge in [-0.3, -0.25) is 4.98 Å². The number of hydrogen-bond acceptors (Lipinski definition) is 2.